The molecule has 36 heavy (non-hydrogen) atoms. The minimum Gasteiger partial charge on any atom is -0.343 e. The van der Waals surface area contributed by atoms with E-state index in [4.69, 9.17) is 16.6 Å². The van der Waals surface area contributed by atoms with Gasteiger partial charge in [-0.3, -0.25) is 9.88 Å². The molecule has 0 amide bonds. The molecule has 1 N–H and O–H groups in total. The second-order valence-corrected chi connectivity index (χ2v) is 9.93. The molecular formula is C27H29ClF2N6. The normalized spacial score (nSPS) is 15.3. The van der Waals surface area contributed by atoms with Crippen LogP contribution in [0.15, 0.2) is 42.9 Å². The summed E-state index contributed by atoms with van der Waals surface area (Å²) in [6.45, 7) is 10.1. The zero-order chi connectivity index (χ0) is 25.2. The van der Waals surface area contributed by atoms with Crippen molar-refractivity contribution < 1.29 is 8.78 Å². The summed E-state index contributed by atoms with van der Waals surface area (Å²) in [6, 6.07) is 8.38. The van der Waals surface area contributed by atoms with E-state index in [1.54, 1.807) is 0 Å². The Hall–Kier alpha value is -2.94. The summed E-state index contributed by atoms with van der Waals surface area (Å²) < 4.78 is 28.2. The Balaban J connectivity index is 1.31. The molecule has 0 aliphatic carbocycles. The third-order valence-electron chi connectivity index (χ3n) is 6.83. The number of fused-ring (bicyclic) bond motifs is 1. The van der Waals surface area contributed by atoms with E-state index >= 15 is 0 Å². The molecule has 188 valence electrons. The summed E-state index contributed by atoms with van der Waals surface area (Å²) in [5.41, 5.74) is 4.23. The van der Waals surface area contributed by atoms with Crippen LogP contribution in [0.5, 0.6) is 0 Å². The maximum absolute atomic E-state index is 14.5. The third kappa shape index (κ3) is 5.26. The molecule has 6 nitrogen and oxygen atoms in total. The van der Waals surface area contributed by atoms with Crippen LogP contribution in [0.2, 0.25) is 5.02 Å². The molecule has 0 saturated carbocycles. The maximum Gasteiger partial charge on any atom is 0.144 e. The van der Waals surface area contributed by atoms with Gasteiger partial charge in [-0.2, -0.15) is 0 Å². The van der Waals surface area contributed by atoms with Crippen molar-refractivity contribution >= 4 is 22.6 Å². The van der Waals surface area contributed by atoms with E-state index in [0.29, 0.717) is 23.1 Å². The number of aromatic nitrogens is 4. The lowest BCUT2D eigenvalue weighted by atomic mass is 10.1. The summed E-state index contributed by atoms with van der Waals surface area (Å²) in [6.07, 6.45) is 5.36. The fourth-order valence-electron chi connectivity index (χ4n) is 4.73. The SMILES string of the molecule is CC(C)N1CCN(CCCc2cnc3ccc(-c4[nH]cnc4-c4cc(Cl)c(F)cc4F)nc3c2)CC1. The number of hydrogen-bond acceptors (Lipinski definition) is 5. The van der Waals surface area contributed by atoms with Crippen molar-refractivity contribution in [2.75, 3.05) is 32.7 Å². The van der Waals surface area contributed by atoms with Gasteiger partial charge in [0.2, 0.25) is 0 Å². The van der Waals surface area contributed by atoms with Gasteiger partial charge < -0.3 is 9.88 Å². The van der Waals surface area contributed by atoms with Gasteiger partial charge in [-0.05, 0) is 63.1 Å². The van der Waals surface area contributed by atoms with Crippen molar-refractivity contribution in [3.05, 3.63) is 65.1 Å². The standard InChI is InChI=1S/C27H29ClF2N6/c1-17(2)36-10-8-35(9-11-36)7-3-4-18-12-25-23(31-15-18)5-6-24(34-25)27-26(32-16-33-27)19-13-20(28)22(30)14-21(19)29/h5-6,12-17H,3-4,7-11H2,1-2H3,(H,32,33). The van der Waals surface area contributed by atoms with Crippen LogP contribution in [0, 0.1) is 11.6 Å². The van der Waals surface area contributed by atoms with Gasteiger partial charge >= 0.3 is 0 Å². The van der Waals surface area contributed by atoms with Gasteiger partial charge in [0.15, 0.2) is 0 Å². The molecule has 1 aromatic carbocycles. The first-order chi connectivity index (χ1) is 17.4. The summed E-state index contributed by atoms with van der Waals surface area (Å²) in [5.74, 6) is -1.55. The van der Waals surface area contributed by atoms with Crippen molar-refractivity contribution in [1.82, 2.24) is 29.7 Å². The molecule has 1 aliphatic rings. The first kappa shape index (κ1) is 24.7. The van der Waals surface area contributed by atoms with Gasteiger partial charge in [-0.25, -0.2) is 18.7 Å². The quantitative estimate of drug-likeness (QED) is 0.329. The number of nitrogens with one attached hydrogen (secondary N) is 1. The molecule has 0 bridgehead atoms. The number of nitrogens with zero attached hydrogens (tertiary/aromatic N) is 5. The van der Waals surface area contributed by atoms with Crippen molar-refractivity contribution in [2.24, 2.45) is 0 Å². The predicted molar refractivity (Wildman–Crippen MR) is 139 cm³/mol. The van der Waals surface area contributed by atoms with Crippen molar-refractivity contribution in [3.8, 4) is 22.6 Å². The molecular weight excluding hydrogens is 482 g/mol. The Morgan fingerprint density at radius 1 is 1.00 bits per heavy atom. The molecule has 4 heterocycles. The van der Waals surface area contributed by atoms with Crippen LogP contribution in [0.1, 0.15) is 25.8 Å². The molecule has 5 rings (SSSR count). The van der Waals surface area contributed by atoms with Crippen molar-refractivity contribution in [1.29, 1.82) is 0 Å². The van der Waals surface area contributed by atoms with Crippen LogP contribution < -0.4 is 0 Å². The number of benzene rings is 1. The Morgan fingerprint density at radius 2 is 1.81 bits per heavy atom. The number of pyridine rings is 2. The summed E-state index contributed by atoms with van der Waals surface area (Å²) in [7, 11) is 0. The third-order valence-corrected chi connectivity index (χ3v) is 7.12. The Morgan fingerprint density at radius 3 is 2.58 bits per heavy atom. The van der Waals surface area contributed by atoms with Gasteiger partial charge in [-0.15, -0.1) is 0 Å². The lowest BCUT2D eigenvalue weighted by Crippen LogP contribution is -2.48. The van der Waals surface area contributed by atoms with Crippen molar-refractivity contribution in [3.63, 3.8) is 0 Å². The fourth-order valence-corrected chi connectivity index (χ4v) is 4.90. The van der Waals surface area contributed by atoms with Gasteiger partial charge in [-0.1, -0.05) is 11.6 Å². The number of aryl methyl sites for hydroxylation is 1. The van der Waals surface area contributed by atoms with E-state index in [-0.39, 0.29) is 10.6 Å². The van der Waals surface area contributed by atoms with Crippen LogP contribution in [0.4, 0.5) is 8.78 Å². The van der Waals surface area contributed by atoms with Crippen LogP contribution in [-0.2, 0) is 6.42 Å². The van der Waals surface area contributed by atoms with E-state index in [2.05, 4.69) is 44.7 Å². The average molecular weight is 511 g/mol. The topological polar surface area (TPSA) is 60.9 Å². The molecule has 3 aromatic heterocycles. The molecule has 0 atom stereocenters. The first-order valence-electron chi connectivity index (χ1n) is 12.3. The Kier molecular flexibility index (Phi) is 7.27. The van der Waals surface area contributed by atoms with Gasteiger partial charge in [0, 0.05) is 50.0 Å². The van der Waals surface area contributed by atoms with Gasteiger partial charge in [0.25, 0.3) is 0 Å². The number of halogens is 3. The Bertz CT molecular complexity index is 1360. The highest BCUT2D eigenvalue weighted by Gasteiger charge is 2.19. The van der Waals surface area contributed by atoms with Crippen molar-refractivity contribution in [2.45, 2.75) is 32.7 Å². The highest BCUT2D eigenvalue weighted by molar-refractivity contribution is 6.31. The molecule has 9 heteroatoms. The minimum absolute atomic E-state index is 0.112. The van der Waals surface area contributed by atoms with E-state index < -0.39 is 11.6 Å². The molecule has 1 aliphatic heterocycles. The summed E-state index contributed by atoms with van der Waals surface area (Å²) in [5, 5.41) is -0.164. The maximum atomic E-state index is 14.5. The van der Waals surface area contributed by atoms with Gasteiger partial charge in [0.05, 0.1) is 33.8 Å². The zero-order valence-electron chi connectivity index (χ0n) is 20.4. The van der Waals surface area contributed by atoms with E-state index in [0.717, 1.165) is 68.2 Å². The average Bonchev–Trinajstić information content (AvgIpc) is 3.36. The number of hydrogen-bond donors (Lipinski definition) is 1. The van der Waals surface area contributed by atoms with Crippen LogP contribution >= 0.6 is 11.6 Å². The highest BCUT2D eigenvalue weighted by atomic mass is 35.5. The second-order valence-electron chi connectivity index (χ2n) is 9.53. The predicted octanol–water partition coefficient (Wildman–Crippen LogP) is 5.58. The van der Waals surface area contributed by atoms with E-state index in [1.807, 2.05) is 18.3 Å². The second kappa shape index (κ2) is 10.6. The molecule has 1 fully saturated rings. The molecule has 0 radical (unpaired) electrons. The molecule has 1 saturated heterocycles. The number of H-pyrrole nitrogens is 1. The zero-order valence-corrected chi connectivity index (χ0v) is 21.2. The largest absolute Gasteiger partial charge is 0.343 e. The molecule has 0 spiro atoms. The monoisotopic (exact) mass is 510 g/mol. The number of rotatable bonds is 7. The Labute approximate surface area is 214 Å². The summed E-state index contributed by atoms with van der Waals surface area (Å²) in [4.78, 5) is 21.7. The molecule has 4 aromatic rings. The smallest absolute Gasteiger partial charge is 0.144 e. The number of piperazine rings is 1. The number of imidazole rings is 1. The lowest BCUT2D eigenvalue weighted by Gasteiger charge is -2.36. The van der Waals surface area contributed by atoms with E-state index in [1.165, 1.54) is 12.4 Å². The van der Waals surface area contributed by atoms with Crippen LogP contribution in [-0.4, -0.2) is 68.5 Å². The summed E-state index contributed by atoms with van der Waals surface area (Å²) >= 11 is 5.90. The first-order valence-corrected chi connectivity index (χ1v) is 12.7. The fraction of sp³-hybridized carbons (Fsp3) is 0.370. The minimum atomic E-state index is -0.810. The van der Waals surface area contributed by atoms with Gasteiger partial charge in [0.1, 0.15) is 17.3 Å². The van der Waals surface area contributed by atoms with Crippen LogP contribution in [0.25, 0.3) is 33.7 Å². The number of aromatic amines is 1. The highest BCUT2D eigenvalue weighted by Crippen LogP contribution is 2.33. The lowest BCUT2D eigenvalue weighted by molar-refractivity contribution is 0.108. The van der Waals surface area contributed by atoms with Crippen LogP contribution in [0.3, 0.4) is 0 Å². The molecule has 0 unspecified atom stereocenters. The van der Waals surface area contributed by atoms with E-state index in [9.17, 15) is 8.78 Å².